The van der Waals surface area contributed by atoms with Gasteiger partial charge in [0, 0.05) is 5.56 Å². The van der Waals surface area contributed by atoms with Gasteiger partial charge in [-0.25, -0.2) is 4.79 Å². The van der Waals surface area contributed by atoms with Crippen molar-refractivity contribution in [2.24, 2.45) is 0 Å². The standard InChI is InChI=1S/C14H17NO4/c1-9-7-19-8-10(2)15(9)13(16)11-4-3-5-12(6-11)14(17)18/h3-6,9-10H,7-8H2,1-2H3,(H,17,18)/t9-,10+. The molecule has 1 aliphatic rings. The number of carbonyl (C=O) groups is 2. The van der Waals surface area contributed by atoms with E-state index in [1.165, 1.54) is 12.1 Å². The van der Waals surface area contributed by atoms with Gasteiger partial charge in [0.25, 0.3) is 5.91 Å². The molecule has 102 valence electrons. The lowest BCUT2D eigenvalue weighted by Gasteiger charge is -2.38. The Balaban J connectivity index is 2.27. The average Bonchev–Trinajstić information content (AvgIpc) is 2.38. The fraction of sp³-hybridized carbons (Fsp3) is 0.429. The fourth-order valence-electron chi connectivity index (χ4n) is 2.34. The van der Waals surface area contributed by atoms with E-state index in [0.717, 1.165) is 0 Å². The Kier molecular flexibility index (Phi) is 3.85. The number of morpholine rings is 1. The maximum absolute atomic E-state index is 12.5. The first kappa shape index (κ1) is 13.5. The number of amides is 1. The lowest BCUT2D eigenvalue weighted by Crippen LogP contribution is -2.52. The van der Waals surface area contributed by atoms with Crippen molar-refractivity contribution < 1.29 is 19.4 Å². The number of carboxylic acids is 1. The minimum atomic E-state index is -1.03. The molecule has 0 aromatic heterocycles. The number of aromatic carboxylic acids is 1. The van der Waals surface area contributed by atoms with Crippen molar-refractivity contribution in [3.8, 4) is 0 Å². The minimum absolute atomic E-state index is 0.00951. The number of hydrogen-bond donors (Lipinski definition) is 1. The lowest BCUT2D eigenvalue weighted by molar-refractivity contribution is -0.0249. The van der Waals surface area contributed by atoms with Crippen LogP contribution in [-0.2, 0) is 4.74 Å². The van der Waals surface area contributed by atoms with E-state index in [4.69, 9.17) is 9.84 Å². The van der Waals surface area contributed by atoms with Crippen molar-refractivity contribution in [3.05, 3.63) is 35.4 Å². The van der Waals surface area contributed by atoms with E-state index < -0.39 is 5.97 Å². The van der Waals surface area contributed by atoms with Gasteiger partial charge in [-0.2, -0.15) is 0 Å². The van der Waals surface area contributed by atoms with Crippen LogP contribution in [0.5, 0.6) is 0 Å². The zero-order valence-electron chi connectivity index (χ0n) is 11.0. The molecule has 1 aromatic carbocycles. The highest BCUT2D eigenvalue weighted by atomic mass is 16.5. The van der Waals surface area contributed by atoms with E-state index in [-0.39, 0.29) is 23.6 Å². The van der Waals surface area contributed by atoms with Gasteiger partial charge in [0.1, 0.15) is 0 Å². The van der Waals surface area contributed by atoms with Gasteiger partial charge in [-0.3, -0.25) is 4.79 Å². The van der Waals surface area contributed by atoms with E-state index >= 15 is 0 Å². The summed E-state index contributed by atoms with van der Waals surface area (Å²) >= 11 is 0. The predicted octanol–water partition coefficient (Wildman–Crippen LogP) is 1.63. The summed E-state index contributed by atoms with van der Waals surface area (Å²) in [6, 6.07) is 6.11. The number of hydrogen-bond acceptors (Lipinski definition) is 3. The van der Waals surface area contributed by atoms with Crippen LogP contribution in [0.2, 0.25) is 0 Å². The van der Waals surface area contributed by atoms with Gasteiger partial charge in [0.15, 0.2) is 0 Å². The molecular formula is C14H17NO4. The molecule has 0 saturated carbocycles. The molecule has 0 bridgehead atoms. The lowest BCUT2D eigenvalue weighted by atomic mass is 10.1. The van der Waals surface area contributed by atoms with Crippen LogP contribution in [0, 0.1) is 0 Å². The summed E-state index contributed by atoms with van der Waals surface area (Å²) < 4.78 is 5.38. The Labute approximate surface area is 111 Å². The predicted molar refractivity (Wildman–Crippen MR) is 69.3 cm³/mol. The van der Waals surface area contributed by atoms with Crippen molar-refractivity contribution in [1.82, 2.24) is 4.90 Å². The first-order valence-corrected chi connectivity index (χ1v) is 6.24. The summed E-state index contributed by atoms with van der Waals surface area (Å²) in [6.45, 7) is 4.87. The van der Waals surface area contributed by atoms with Crippen molar-refractivity contribution in [2.75, 3.05) is 13.2 Å². The van der Waals surface area contributed by atoms with E-state index in [2.05, 4.69) is 0 Å². The van der Waals surface area contributed by atoms with Crippen LogP contribution in [-0.4, -0.2) is 47.2 Å². The first-order valence-electron chi connectivity index (χ1n) is 6.24. The van der Waals surface area contributed by atoms with Crippen LogP contribution >= 0.6 is 0 Å². The van der Waals surface area contributed by atoms with Crippen molar-refractivity contribution in [1.29, 1.82) is 0 Å². The van der Waals surface area contributed by atoms with Crippen molar-refractivity contribution in [2.45, 2.75) is 25.9 Å². The summed E-state index contributed by atoms with van der Waals surface area (Å²) in [5.74, 6) is -1.18. The molecule has 5 nitrogen and oxygen atoms in total. The van der Waals surface area contributed by atoms with Crippen LogP contribution in [0.4, 0.5) is 0 Å². The van der Waals surface area contributed by atoms with Crippen molar-refractivity contribution in [3.63, 3.8) is 0 Å². The smallest absolute Gasteiger partial charge is 0.335 e. The summed E-state index contributed by atoms with van der Waals surface area (Å²) in [6.07, 6.45) is 0. The monoisotopic (exact) mass is 263 g/mol. The Hall–Kier alpha value is -1.88. The summed E-state index contributed by atoms with van der Waals surface area (Å²) in [4.78, 5) is 25.2. The second kappa shape index (κ2) is 5.40. The number of carboxylic acid groups (broad SMARTS) is 1. The van der Waals surface area contributed by atoms with Crippen molar-refractivity contribution >= 4 is 11.9 Å². The molecule has 1 saturated heterocycles. The van der Waals surface area contributed by atoms with Crippen LogP contribution < -0.4 is 0 Å². The molecule has 0 unspecified atom stereocenters. The third-order valence-corrected chi connectivity index (χ3v) is 3.26. The molecule has 1 heterocycles. The quantitative estimate of drug-likeness (QED) is 0.880. The van der Waals surface area contributed by atoms with E-state index in [1.807, 2.05) is 13.8 Å². The molecule has 1 aliphatic heterocycles. The van der Waals surface area contributed by atoms with E-state index in [9.17, 15) is 9.59 Å². The maximum Gasteiger partial charge on any atom is 0.335 e. The SMILES string of the molecule is C[C@@H]1COC[C@H](C)N1C(=O)c1cccc(C(=O)O)c1. The van der Waals surface area contributed by atoms with Gasteiger partial charge < -0.3 is 14.7 Å². The highest BCUT2D eigenvalue weighted by molar-refractivity contribution is 5.97. The Morgan fingerprint density at radius 1 is 1.21 bits per heavy atom. The zero-order valence-corrected chi connectivity index (χ0v) is 11.0. The normalized spacial score (nSPS) is 23.2. The van der Waals surface area contributed by atoms with Crippen LogP contribution in [0.1, 0.15) is 34.6 Å². The number of nitrogens with zero attached hydrogens (tertiary/aromatic N) is 1. The molecular weight excluding hydrogens is 246 g/mol. The van der Waals surface area contributed by atoms with Crippen LogP contribution in [0.3, 0.4) is 0 Å². The second-order valence-electron chi connectivity index (χ2n) is 4.83. The van der Waals surface area contributed by atoms with Gasteiger partial charge in [0.05, 0.1) is 30.9 Å². The highest BCUT2D eigenvalue weighted by Crippen LogP contribution is 2.18. The Morgan fingerprint density at radius 2 is 1.79 bits per heavy atom. The molecule has 1 aromatic rings. The average molecular weight is 263 g/mol. The topological polar surface area (TPSA) is 66.8 Å². The third kappa shape index (κ3) is 2.76. The number of rotatable bonds is 2. The third-order valence-electron chi connectivity index (χ3n) is 3.26. The first-order chi connectivity index (χ1) is 9.00. The Morgan fingerprint density at radius 3 is 2.37 bits per heavy atom. The second-order valence-corrected chi connectivity index (χ2v) is 4.83. The number of ether oxygens (including phenoxy) is 1. The molecule has 2 atom stereocenters. The van der Waals surface area contributed by atoms with Gasteiger partial charge in [-0.05, 0) is 32.0 Å². The maximum atomic E-state index is 12.5. The van der Waals surface area contributed by atoms with Crippen LogP contribution in [0.25, 0.3) is 0 Å². The molecule has 2 rings (SSSR count). The largest absolute Gasteiger partial charge is 0.478 e. The zero-order chi connectivity index (χ0) is 14.0. The Bertz CT molecular complexity index is 490. The van der Waals surface area contributed by atoms with E-state index in [1.54, 1.807) is 17.0 Å². The minimum Gasteiger partial charge on any atom is -0.478 e. The van der Waals surface area contributed by atoms with E-state index in [0.29, 0.717) is 18.8 Å². The molecule has 5 heteroatoms. The summed E-state index contributed by atoms with van der Waals surface area (Å²) in [7, 11) is 0. The molecule has 0 aliphatic carbocycles. The molecule has 1 N–H and O–H groups in total. The summed E-state index contributed by atoms with van der Waals surface area (Å²) in [5, 5.41) is 8.96. The highest BCUT2D eigenvalue weighted by Gasteiger charge is 2.30. The van der Waals surface area contributed by atoms with Crippen LogP contribution in [0.15, 0.2) is 24.3 Å². The summed E-state index contributed by atoms with van der Waals surface area (Å²) in [5.41, 5.74) is 0.528. The number of benzene rings is 1. The molecule has 1 amide bonds. The van der Waals surface area contributed by atoms with Gasteiger partial charge in [0.2, 0.25) is 0 Å². The number of carbonyl (C=O) groups excluding carboxylic acids is 1. The van der Waals surface area contributed by atoms with Gasteiger partial charge in [-0.15, -0.1) is 0 Å². The van der Waals surface area contributed by atoms with Gasteiger partial charge in [-0.1, -0.05) is 6.07 Å². The molecule has 19 heavy (non-hydrogen) atoms. The molecule has 0 radical (unpaired) electrons. The van der Waals surface area contributed by atoms with Gasteiger partial charge >= 0.3 is 5.97 Å². The fourth-order valence-corrected chi connectivity index (χ4v) is 2.34. The molecule has 1 fully saturated rings. The molecule has 0 spiro atoms.